The van der Waals surface area contributed by atoms with Gasteiger partial charge in [-0.3, -0.25) is 4.99 Å². The Hall–Kier alpha value is -0.380. The van der Waals surface area contributed by atoms with Gasteiger partial charge in [0.15, 0.2) is 5.96 Å². The van der Waals surface area contributed by atoms with E-state index in [1.165, 1.54) is 6.42 Å². The van der Waals surface area contributed by atoms with Crippen molar-refractivity contribution in [1.29, 1.82) is 0 Å². The maximum absolute atomic E-state index is 5.73. The van der Waals surface area contributed by atoms with E-state index < -0.39 is 0 Å². The van der Waals surface area contributed by atoms with Gasteiger partial charge in [0, 0.05) is 31.1 Å². The first kappa shape index (κ1) is 9.71. The SMILES string of the molecule is CN=C(N)N1CCSC(C)CC1. The van der Waals surface area contributed by atoms with Crippen molar-refractivity contribution >= 4 is 17.7 Å². The van der Waals surface area contributed by atoms with Crippen LogP contribution in [0.5, 0.6) is 0 Å². The van der Waals surface area contributed by atoms with Crippen LogP contribution >= 0.6 is 11.8 Å². The summed E-state index contributed by atoms with van der Waals surface area (Å²) in [5.74, 6) is 1.85. The molecule has 0 aromatic rings. The molecule has 0 radical (unpaired) electrons. The fourth-order valence-electron chi connectivity index (χ4n) is 1.27. The second-order valence-corrected chi connectivity index (χ2v) is 4.59. The van der Waals surface area contributed by atoms with E-state index >= 15 is 0 Å². The molecular weight excluding hydrogens is 170 g/mol. The smallest absolute Gasteiger partial charge is 0.190 e. The third-order valence-corrected chi connectivity index (χ3v) is 3.35. The summed E-state index contributed by atoms with van der Waals surface area (Å²) >= 11 is 2.02. The van der Waals surface area contributed by atoms with Gasteiger partial charge in [0.05, 0.1) is 0 Å². The molecule has 0 aliphatic carbocycles. The number of rotatable bonds is 0. The van der Waals surface area contributed by atoms with Gasteiger partial charge in [-0.1, -0.05) is 6.92 Å². The Balaban J connectivity index is 2.46. The highest BCUT2D eigenvalue weighted by Crippen LogP contribution is 2.18. The lowest BCUT2D eigenvalue weighted by atomic mass is 10.3. The molecule has 0 aromatic carbocycles. The molecule has 0 amide bonds. The molecule has 1 atom stereocenters. The lowest BCUT2D eigenvalue weighted by Gasteiger charge is -2.20. The zero-order valence-corrected chi connectivity index (χ0v) is 8.60. The molecule has 1 aliphatic rings. The van der Waals surface area contributed by atoms with Gasteiger partial charge >= 0.3 is 0 Å². The summed E-state index contributed by atoms with van der Waals surface area (Å²) in [7, 11) is 1.75. The monoisotopic (exact) mass is 187 g/mol. The van der Waals surface area contributed by atoms with Gasteiger partial charge in [0.25, 0.3) is 0 Å². The van der Waals surface area contributed by atoms with Crippen LogP contribution in [0, 0.1) is 0 Å². The summed E-state index contributed by atoms with van der Waals surface area (Å²) in [5.41, 5.74) is 5.73. The number of hydrogen-bond donors (Lipinski definition) is 1. The van der Waals surface area contributed by atoms with Crippen LogP contribution < -0.4 is 5.73 Å². The normalized spacial score (nSPS) is 27.0. The van der Waals surface area contributed by atoms with Crippen LogP contribution in [0.15, 0.2) is 4.99 Å². The van der Waals surface area contributed by atoms with Crippen LogP contribution in [0.25, 0.3) is 0 Å². The van der Waals surface area contributed by atoms with Crippen LogP contribution in [-0.4, -0.2) is 42.0 Å². The fraction of sp³-hybridized carbons (Fsp3) is 0.875. The maximum Gasteiger partial charge on any atom is 0.190 e. The number of guanidine groups is 1. The quantitative estimate of drug-likeness (QED) is 0.449. The summed E-state index contributed by atoms with van der Waals surface area (Å²) in [4.78, 5) is 6.15. The van der Waals surface area contributed by atoms with E-state index in [-0.39, 0.29) is 0 Å². The molecule has 1 heterocycles. The Labute approximate surface area is 78.4 Å². The highest BCUT2D eigenvalue weighted by molar-refractivity contribution is 7.99. The van der Waals surface area contributed by atoms with Crippen molar-refractivity contribution in [2.45, 2.75) is 18.6 Å². The van der Waals surface area contributed by atoms with Gasteiger partial charge in [-0.15, -0.1) is 0 Å². The van der Waals surface area contributed by atoms with Crippen molar-refractivity contribution in [3.63, 3.8) is 0 Å². The van der Waals surface area contributed by atoms with Crippen LogP contribution in [0.2, 0.25) is 0 Å². The van der Waals surface area contributed by atoms with Crippen molar-refractivity contribution in [3.05, 3.63) is 0 Å². The standard InChI is InChI=1S/C8H17N3S/c1-7-3-4-11(5-6-12-7)8(9)10-2/h7H,3-6H2,1-2H3,(H2,9,10). The topological polar surface area (TPSA) is 41.6 Å². The van der Waals surface area contributed by atoms with E-state index in [9.17, 15) is 0 Å². The molecule has 1 rings (SSSR count). The lowest BCUT2D eigenvalue weighted by molar-refractivity contribution is 0.436. The molecule has 1 unspecified atom stereocenters. The fourth-order valence-corrected chi connectivity index (χ4v) is 2.27. The first-order chi connectivity index (χ1) is 5.74. The van der Waals surface area contributed by atoms with Crippen molar-refractivity contribution < 1.29 is 0 Å². The van der Waals surface area contributed by atoms with Crippen LogP contribution in [0.3, 0.4) is 0 Å². The molecule has 1 aliphatic heterocycles. The average Bonchev–Trinajstić information content (AvgIpc) is 2.29. The molecule has 0 saturated carbocycles. The molecule has 4 heteroatoms. The number of hydrogen-bond acceptors (Lipinski definition) is 2. The zero-order valence-electron chi connectivity index (χ0n) is 7.79. The second kappa shape index (κ2) is 4.60. The molecule has 0 spiro atoms. The Morgan fingerprint density at radius 2 is 2.33 bits per heavy atom. The van der Waals surface area contributed by atoms with Crippen molar-refractivity contribution in [3.8, 4) is 0 Å². The number of nitrogens with two attached hydrogens (primary N) is 1. The number of thioether (sulfide) groups is 1. The van der Waals surface area contributed by atoms with Gasteiger partial charge in [-0.2, -0.15) is 11.8 Å². The van der Waals surface area contributed by atoms with Gasteiger partial charge < -0.3 is 10.6 Å². The molecule has 2 N–H and O–H groups in total. The molecule has 1 fully saturated rings. The Morgan fingerprint density at radius 3 is 3.00 bits per heavy atom. The number of nitrogens with zero attached hydrogens (tertiary/aromatic N) is 2. The predicted molar refractivity (Wildman–Crippen MR) is 55.7 cm³/mol. The zero-order chi connectivity index (χ0) is 8.97. The summed E-state index contributed by atoms with van der Waals surface area (Å²) in [6.45, 7) is 4.36. The summed E-state index contributed by atoms with van der Waals surface area (Å²) < 4.78 is 0. The van der Waals surface area contributed by atoms with E-state index in [4.69, 9.17) is 5.73 Å². The van der Waals surface area contributed by atoms with Crippen LogP contribution in [-0.2, 0) is 0 Å². The minimum Gasteiger partial charge on any atom is -0.370 e. The molecule has 70 valence electrons. The van der Waals surface area contributed by atoms with Gasteiger partial charge in [0.2, 0.25) is 0 Å². The van der Waals surface area contributed by atoms with Crippen molar-refractivity contribution in [1.82, 2.24) is 4.90 Å². The second-order valence-electron chi connectivity index (χ2n) is 3.04. The first-order valence-corrected chi connectivity index (χ1v) is 5.37. The van der Waals surface area contributed by atoms with Crippen LogP contribution in [0.1, 0.15) is 13.3 Å². The largest absolute Gasteiger partial charge is 0.370 e. The highest BCUT2D eigenvalue weighted by Gasteiger charge is 2.14. The van der Waals surface area contributed by atoms with E-state index in [2.05, 4.69) is 16.8 Å². The van der Waals surface area contributed by atoms with Crippen molar-refractivity contribution in [2.75, 3.05) is 25.9 Å². The van der Waals surface area contributed by atoms with E-state index in [0.29, 0.717) is 5.96 Å². The summed E-state index contributed by atoms with van der Waals surface area (Å²) in [5, 5.41) is 0.764. The lowest BCUT2D eigenvalue weighted by Crippen LogP contribution is -2.38. The predicted octanol–water partition coefficient (Wildman–Crippen LogP) is 0.758. The third-order valence-electron chi connectivity index (χ3n) is 2.12. The molecule has 3 nitrogen and oxygen atoms in total. The van der Waals surface area contributed by atoms with Gasteiger partial charge in [-0.05, 0) is 6.42 Å². The molecule has 1 saturated heterocycles. The summed E-state index contributed by atoms with van der Waals surface area (Å²) in [6, 6.07) is 0. The minimum absolute atomic E-state index is 0.685. The van der Waals surface area contributed by atoms with Crippen LogP contribution in [0.4, 0.5) is 0 Å². The number of aliphatic imine (C=N–C) groups is 1. The van der Waals surface area contributed by atoms with Crippen molar-refractivity contribution in [2.24, 2.45) is 10.7 Å². The molecule has 0 bridgehead atoms. The average molecular weight is 187 g/mol. The molecule has 12 heavy (non-hydrogen) atoms. The Bertz CT molecular complexity index is 170. The van der Waals surface area contributed by atoms with Gasteiger partial charge in [-0.25, -0.2) is 0 Å². The molecule has 0 aromatic heterocycles. The van der Waals surface area contributed by atoms with E-state index in [1.807, 2.05) is 11.8 Å². The minimum atomic E-state index is 0.685. The molecular formula is C8H17N3S. The first-order valence-electron chi connectivity index (χ1n) is 4.33. The highest BCUT2D eigenvalue weighted by atomic mass is 32.2. The van der Waals surface area contributed by atoms with E-state index in [1.54, 1.807) is 7.05 Å². The van der Waals surface area contributed by atoms with E-state index in [0.717, 1.165) is 24.1 Å². The van der Waals surface area contributed by atoms with Gasteiger partial charge in [0.1, 0.15) is 0 Å². The summed E-state index contributed by atoms with van der Waals surface area (Å²) in [6.07, 6.45) is 1.21. The third kappa shape index (κ3) is 2.59. The Kier molecular flexibility index (Phi) is 3.72. The Morgan fingerprint density at radius 1 is 1.58 bits per heavy atom. The maximum atomic E-state index is 5.73.